The minimum atomic E-state index is -0.204. The molecule has 0 bridgehead atoms. The van der Waals surface area contributed by atoms with Crippen molar-refractivity contribution in [3.8, 4) is 0 Å². The van der Waals surface area contributed by atoms with Crippen molar-refractivity contribution in [2.24, 2.45) is 0 Å². The first-order valence-corrected chi connectivity index (χ1v) is 6.90. The maximum Gasteiger partial charge on any atom is 0.318 e. The van der Waals surface area contributed by atoms with Gasteiger partial charge < -0.3 is 10.2 Å². The lowest BCUT2D eigenvalue weighted by molar-refractivity contribution is 0.183. The van der Waals surface area contributed by atoms with Crippen molar-refractivity contribution in [1.82, 2.24) is 20.4 Å². The lowest BCUT2D eigenvalue weighted by atomic mass is 10.0. The van der Waals surface area contributed by atoms with E-state index in [2.05, 4.69) is 15.5 Å². The van der Waals surface area contributed by atoms with Gasteiger partial charge in [-0.3, -0.25) is 5.10 Å². The predicted molar refractivity (Wildman–Crippen MR) is 75.0 cm³/mol. The fourth-order valence-electron chi connectivity index (χ4n) is 2.75. The molecule has 0 aromatic carbocycles. The summed E-state index contributed by atoms with van der Waals surface area (Å²) in [4.78, 5) is 14.3. The zero-order valence-electron chi connectivity index (χ0n) is 12.5. The third kappa shape index (κ3) is 2.91. The van der Waals surface area contributed by atoms with E-state index in [-0.39, 0.29) is 17.6 Å². The molecule has 1 saturated heterocycles. The highest BCUT2D eigenvalue weighted by atomic mass is 16.2. The minimum Gasteiger partial charge on any atom is -0.333 e. The molecular weight excluding hydrogens is 240 g/mol. The number of nitrogens with zero attached hydrogens (tertiary/aromatic N) is 2. The standard InChI is InChI=1S/C14H24N4O/c1-9-12(10(2)17-16-9)11-7-6-8-18(11)13(19)15-14(3,4)5/h11H,6-8H2,1-5H3,(H,15,19)(H,16,17). The number of hydrogen-bond donors (Lipinski definition) is 2. The van der Waals surface area contributed by atoms with Gasteiger partial charge in [-0.25, -0.2) is 4.79 Å². The van der Waals surface area contributed by atoms with Crippen LogP contribution in [0.25, 0.3) is 0 Å². The van der Waals surface area contributed by atoms with Crippen molar-refractivity contribution < 1.29 is 4.79 Å². The minimum absolute atomic E-state index is 0.0231. The second kappa shape index (κ2) is 4.87. The normalized spacial score (nSPS) is 19.8. The molecule has 1 atom stereocenters. The lowest BCUT2D eigenvalue weighted by Gasteiger charge is -2.30. The molecule has 2 amide bonds. The van der Waals surface area contributed by atoms with E-state index in [1.54, 1.807) is 0 Å². The first kappa shape index (κ1) is 13.9. The lowest BCUT2D eigenvalue weighted by Crippen LogP contribution is -2.48. The Hall–Kier alpha value is -1.52. The third-order valence-corrected chi connectivity index (χ3v) is 3.51. The van der Waals surface area contributed by atoms with Gasteiger partial charge in [0.1, 0.15) is 0 Å². The van der Waals surface area contributed by atoms with Gasteiger partial charge in [-0.2, -0.15) is 5.10 Å². The second-order valence-corrected chi connectivity index (χ2v) is 6.38. The summed E-state index contributed by atoms with van der Waals surface area (Å²) in [5, 5.41) is 10.3. The average molecular weight is 264 g/mol. The summed E-state index contributed by atoms with van der Waals surface area (Å²) in [6, 6.07) is 0.177. The number of likely N-dealkylation sites (tertiary alicyclic amines) is 1. The van der Waals surface area contributed by atoms with Crippen LogP contribution in [0.15, 0.2) is 0 Å². The van der Waals surface area contributed by atoms with E-state index in [0.29, 0.717) is 0 Å². The van der Waals surface area contributed by atoms with E-state index in [1.807, 2.05) is 39.5 Å². The molecular formula is C14H24N4O. The van der Waals surface area contributed by atoms with Gasteiger partial charge in [0.25, 0.3) is 0 Å². The van der Waals surface area contributed by atoms with E-state index >= 15 is 0 Å². The summed E-state index contributed by atoms with van der Waals surface area (Å²) in [5.41, 5.74) is 3.04. The largest absolute Gasteiger partial charge is 0.333 e. The fourth-order valence-corrected chi connectivity index (χ4v) is 2.75. The Morgan fingerprint density at radius 2 is 2.11 bits per heavy atom. The summed E-state index contributed by atoms with van der Waals surface area (Å²) >= 11 is 0. The predicted octanol–water partition coefficient (Wildman–Crippen LogP) is 2.67. The van der Waals surface area contributed by atoms with Crippen molar-refractivity contribution in [3.63, 3.8) is 0 Å². The zero-order valence-corrected chi connectivity index (χ0v) is 12.5. The van der Waals surface area contributed by atoms with Crippen LogP contribution in [0.5, 0.6) is 0 Å². The topological polar surface area (TPSA) is 61.0 Å². The van der Waals surface area contributed by atoms with Crippen LogP contribution >= 0.6 is 0 Å². The number of carbonyl (C=O) groups is 1. The van der Waals surface area contributed by atoms with E-state index in [4.69, 9.17) is 0 Å². The van der Waals surface area contributed by atoms with E-state index in [1.165, 1.54) is 5.56 Å². The Balaban J connectivity index is 2.20. The number of H-pyrrole nitrogens is 1. The molecule has 19 heavy (non-hydrogen) atoms. The van der Waals surface area contributed by atoms with E-state index in [9.17, 15) is 4.79 Å². The van der Waals surface area contributed by atoms with E-state index in [0.717, 1.165) is 30.8 Å². The number of aryl methyl sites for hydroxylation is 2. The maximum atomic E-state index is 12.4. The quantitative estimate of drug-likeness (QED) is 0.819. The third-order valence-electron chi connectivity index (χ3n) is 3.51. The molecule has 1 aliphatic rings. The van der Waals surface area contributed by atoms with Gasteiger partial charge >= 0.3 is 6.03 Å². The van der Waals surface area contributed by atoms with Crippen LogP contribution in [-0.2, 0) is 0 Å². The highest BCUT2D eigenvalue weighted by molar-refractivity contribution is 5.76. The highest BCUT2D eigenvalue weighted by Crippen LogP contribution is 2.34. The highest BCUT2D eigenvalue weighted by Gasteiger charge is 2.34. The van der Waals surface area contributed by atoms with Gasteiger partial charge in [0.15, 0.2) is 0 Å². The number of hydrogen-bond acceptors (Lipinski definition) is 2. The number of aromatic nitrogens is 2. The summed E-state index contributed by atoms with van der Waals surface area (Å²) in [6.07, 6.45) is 2.06. The van der Waals surface area contributed by atoms with Crippen molar-refractivity contribution >= 4 is 6.03 Å². The molecule has 1 aliphatic heterocycles. The van der Waals surface area contributed by atoms with Crippen LogP contribution in [0.3, 0.4) is 0 Å². The summed E-state index contributed by atoms with van der Waals surface area (Å²) in [7, 11) is 0. The SMILES string of the molecule is Cc1n[nH]c(C)c1C1CCCN1C(=O)NC(C)(C)C. The molecule has 1 aromatic rings. The number of nitrogens with one attached hydrogen (secondary N) is 2. The van der Waals surface area contributed by atoms with Crippen LogP contribution in [0.1, 0.15) is 56.6 Å². The Morgan fingerprint density at radius 1 is 1.42 bits per heavy atom. The van der Waals surface area contributed by atoms with Gasteiger partial charge in [0.05, 0.1) is 11.7 Å². The van der Waals surface area contributed by atoms with Crippen LogP contribution in [0.4, 0.5) is 4.79 Å². The molecule has 5 heteroatoms. The average Bonchev–Trinajstić information content (AvgIpc) is 2.83. The Labute approximate surface area is 114 Å². The number of rotatable bonds is 1. The molecule has 1 unspecified atom stereocenters. The Morgan fingerprint density at radius 3 is 2.63 bits per heavy atom. The molecule has 106 valence electrons. The molecule has 0 radical (unpaired) electrons. The smallest absolute Gasteiger partial charge is 0.318 e. The van der Waals surface area contributed by atoms with Crippen LogP contribution in [-0.4, -0.2) is 33.2 Å². The molecule has 2 N–H and O–H groups in total. The second-order valence-electron chi connectivity index (χ2n) is 6.38. The molecule has 1 aromatic heterocycles. The molecule has 2 rings (SSSR count). The van der Waals surface area contributed by atoms with Gasteiger partial charge in [0.2, 0.25) is 0 Å². The first-order chi connectivity index (χ1) is 8.79. The van der Waals surface area contributed by atoms with Crippen molar-refractivity contribution in [2.45, 2.75) is 59.0 Å². The van der Waals surface area contributed by atoms with Crippen LogP contribution in [0, 0.1) is 13.8 Å². The van der Waals surface area contributed by atoms with Crippen molar-refractivity contribution in [2.75, 3.05) is 6.54 Å². The zero-order chi connectivity index (χ0) is 14.2. The number of aromatic amines is 1. The monoisotopic (exact) mass is 264 g/mol. The molecule has 0 saturated carbocycles. The van der Waals surface area contributed by atoms with Crippen molar-refractivity contribution in [3.05, 3.63) is 17.0 Å². The van der Waals surface area contributed by atoms with Crippen LogP contribution < -0.4 is 5.32 Å². The number of amides is 2. The van der Waals surface area contributed by atoms with Crippen molar-refractivity contribution in [1.29, 1.82) is 0 Å². The molecule has 2 heterocycles. The number of carbonyl (C=O) groups excluding carboxylic acids is 1. The molecule has 0 spiro atoms. The summed E-state index contributed by atoms with van der Waals surface area (Å²) < 4.78 is 0. The summed E-state index contributed by atoms with van der Waals surface area (Å²) in [6.45, 7) is 10.8. The maximum absolute atomic E-state index is 12.4. The first-order valence-electron chi connectivity index (χ1n) is 6.90. The molecule has 0 aliphatic carbocycles. The number of urea groups is 1. The van der Waals surface area contributed by atoms with Gasteiger partial charge in [-0.15, -0.1) is 0 Å². The summed E-state index contributed by atoms with van der Waals surface area (Å²) in [5.74, 6) is 0. The fraction of sp³-hybridized carbons (Fsp3) is 0.714. The van der Waals surface area contributed by atoms with E-state index < -0.39 is 0 Å². The molecule has 1 fully saturated rings. The van der Waals surface area contributed by atoms with Gasteiger partial charge in [0, 0.05) is 23.3 Å². The van der Waals surface area contributed by atoms with Gasteiger partial charge in [-0.05, 0) is 47.5 Å². The molecule has 5 nitrogen and oxygen atoms in total. The Bertz CT molecular complexity index is 453. The Kier molecular flexibility index (Phi) is 3.56. The van der Waals surface area contributed by atoms with Gasteiger partial charge in [-0.1, -0.05) is 0 Å². The van der Waals surface area contributed by atoms with Crippen LogP contribution in [0.2, 0.25) is 0 Å².